The molecule has 0 spiro atoms. The monoisotopic (exact) mass is 582 g/mol. The molecule has 0 aliphatic carbocycles. The molecule has 0 radical (unpaired) electrons. The summed E-state index contributed by atoms with van der Waals surface area (Å²) < 4.78 is 8.80. The van der Waals surface area contributed by atoms with Crippen molar-refractivity contribution in [3.63, 3.8) is 0 Å². The van der Waals surface area contributed by atoms with E-state index < -0.39 is 6.04 Å². The lowest BCUT2D eigenvalue weighted by atomic mass is 9.94. The Bertz CT molecular complexity index is 1550. The third-order valence-electron chi connectivity index (χ3n) is 6.49. The van der Waals surface area contributed by atoms with Gasteiger partial charge in [0.05, 0.1) is 28.6 Å². The van der Waals surface area contributed by atoms with E-state index >= 15 is 0 Å². The number of hydrogen-bond acceptors (Lipinski definition) is 6. The zero-order chi connectivity index (χ0) is 26.9. The summed E-state index contributed by atoms with van der Waals surface area (Å²) in [4.78, 5) is 36.7. The third-order valence-corrected chi connectivity index (χ3v) is 8.11. The number of amides is 1. The van der Waals surface area contributed by atoms with E-state index in [1.54, 1.807) is 16.6 Å². The third kappa shape index (κ3) is 5.02. The van der Waals surface area contributed by atoms with Crippen molar-refractivity contribution in [1.82, 2.24) is 9.47 Å². The van der Waals surface area contributed by atoms with Crippen molar-refractivity contribution in [2.45, 2.75) is 26.8 Å². The molecule has 0 fully saturated rings. The number of carbonyl (C=O) groups excluding carboxylic acids is 1. The molecular weight excluding hydrogens is 552 g/mol. The molecule has 1 amide bonds. The second-order valence-corrected chi connectivity index (χ2v) is 10.8. The Morgan fingerprint density at radius 1 is 1.19 bits per heavy atom. The fourth-order valence-corrected chi connectivity index (χ4v) is 6.39. The van der Waals surface area contributed by atoms with Crippen LogP contribution in [0.15, 0.2) is 68.0 Å². The van der Waals surface area contributed by atoms with Gasteiger partial charge in [-0.05, 0) is 66.5 Å². The first-order valence-corrected chi connectivity index (χ1v) is 13.7. The SMILES string of the molecule is CCN(CC)C(=O)C1=C(C)N=c2s/c(=C/c3ccc(N(C)C)c(Br)c3)c(=O)n2[C@@H]1c1ccccc1OC. The van der Waals surface area contributed by atoms with Gasteiger partial charge in [-0.3, -0.25) is 14.2 Å². The highest BCUT2D eigenvalue weighted by atomic mass is 79.9. The van der Waals surface area contributed by atoms with Gasteiger partial charge in [-0.15, -0.1) is 0 Å². The minimum atomic E-state index is -0.648. The van der Waals surface area contributed by atoms with Crippen LogP contribution in [0.4, 0.5) is 5.69 Å². The van der Waals surface area contributed by atoms with E-state index in [-0.39, 0.29) is 11.5 Å². The fraction of sp³-hybridized carbons (Fsp3) is 0.321. The van der Waals surface area contributed by atoms with Crippen LogP contribution in [0, 0.1) is 0 Å². The Labute approximate surface area is 229 Å². The Morgan fingerprint density at radius 3 is 2.51 bits per heavy atom. The average Bonchev–Trinajstić information content (AvgIpc) is 3.17. The van der Waals surface area contributed by atoms with Crippen LogP contribution in [0.25, 0.3) is 6.08 Å². The van der Waals surface area contributed by atoms with Crippen LogP contribution < -0.4 is 24.5 Å². The summed E-state index contributed by atoms with van der Waals surface area (Å²) in [5.74, 6) is 0.490. The molecule has 1 aliphatic rings. The predicted octanol–water partition coefficient (Wildman–Crippen LogP) is 3.94. The lowest BCUT2D eigenvalue weighted by Gasteiger charge is -2.29. The Morgan fingerprint density at radius 2 is 1.89 bits per heavy atom. The van der Waals surface area contributed by atoms with Crippen molar-refractivity contribution < 1.29 is 9.53 Å². The molecule has 1 atom stereocenters. The van der Waals surface area contributed by atoms with Gasteiger partial charge in [0.15, 0.2) is 4.80 Å². The minimum Gasteiger partial charge on any atom is -0.496 e. The van der Waals surface area contributed by atoms with Crippen molar-refractivity contribution in [1.29, 1.82) is 0 Å². The van der Waals surface area contributed by atoms with E-state index in [2.05, 4.69) is 15.9 Å². The summed E-state index contributed by atoms with van der Waals surface area (Å²) in [6.45, 7) is 6.86. The minimum absolute atomic E-state index is 0.125. The number of ether oxygens (including phenoxy) is 1. The van der Waals surface area contributed by atoms with E-state index in [4.69, 9.17) is 9.73 Å². The van der Waals surface area contributed by atoms with Crippen LogP contribution in [0.3, 0.4) is 0 Å². The summed E-state index contributed by atoms with van der Waals surface area (Å²) >= 11 is 4.95. The molecule has 4 rings (SSSR count). The maximum absolute atomic E-state index is 13.9. The zero-order valence-corrected chi connectivity index (χ0v) is 24.3. The molecule has 0 saturated carbocycles. The second-order valence-electron chi connectivity index (χ2n) is 8.91. The van der Waals surface area contributed by atoms with Crippen molar-refractivity contribution in [2.75, 3.05) is 39.2 Å². The molecule has 0 N–H and O–H groups in total. The number of thiazole rings is 1. The van der Waals surface area contributed by atoms with Crippen molar-refractivity contribution in [3.05, 3.63) is 89.0 Å². The van der Waals surface area contributed by atoms with Gasteiger partial charge in [0, 0.05) is 37.2 Å². The number of carbonyl (C=O) groups is 1. The van der Waals surface area contributed by atoms with Gasteiger partial charge in [0.25, 0.3) is 11.5 Å². The normalized spacial score (nSPS) is 15.3. The number of fused-ring (bicyclic) bond motifs is 1. The summed E-state index contributed by atoms with van der Waals surface area (Å²) in [5.41, 5.74) is 3.60. The number of hydrogen-bond donors (Lipinski definition) is 0. The number of para-hydroxylation sites is 1. The zero-order valence-electron chi connectivity index (χ0n) is 21.9. The molecule has 0 bridgehead atoms. The molecule has 7 nitrogen and oxygen atoms in total. The van der Waals surface area contributed by atoms with Crippen molar-refractivity contribution in [3.8, 4) is 5.75 Å². The molecule has 1 aromatic heterocycles. The number of anilines is 1. The van der Waals surface area contributed by atoms with Crippen molar-refractivity contribution in [2.24, 2.45) is 4.99 Å². The maximum Gasteiger partial charge on any atom is 0.271 e. The van der Waals surface area contributed by atoms with E-state index in [1.165, 1.54) is 11.3 Å². The lowest BCUT2D eigenvalue weighted by molar-refractivity contribution is -0.127. The Balaban J connectivity index is 1.96. The summed E-state index contributed by atoms with van der Waals surface area (Å²) in [5, 5.41) is 0. The fourth-order valence-electron chi connectivity index (χ4n) is 4.59. The van der Waals surface area contributed by atoms with E-state index in [9.17, 15) is 9.59 Å². The molecule has 194 valence electrons. The summed E-state index contributed by atoms with van der Waals surface area (Å²) in [6.07, 6.45) is 1.87. The topological polar surface area (TPSA) is 67.1 Å². The number of nitrogens with zero attached hydrogens (tertiary/aromatic N) is 4. The molecule has 37 heavy (non-hydrogen) atoms. The number of aromatic nitrogens is 1. The smallest absolute Gasteiger partial charge is 0.271 e. The molecule has 1 aliphatic heterocycles. The molecule has 9 heteroatoms. The van der Waals surface area contributed by atoms with Crippen LogP contribution >= 0.6 is 27.3 Å². The number of halogens is 1. The number of benzene rings is 2. The highest BCUT2D eigenvalue weighted by Crippen LogP contribution is 2.36. The van der Waals surface area contributed by atoms with E-state index in [0.717, 1.165) is 21.3 Å². The van der Waals surface area contributed by atoms with Crippen molar-refractivity contribution >= 4 is 44.9 Å². The molecular formula is C28H31BrN4O3S. The lowest BCUT2D eigenvalue weighted by Crippen LogP contribution is -2.43. The maximum atomic E-state index is 13.9. The number of rotatable bonds is 7. The Hall–Kier alpha value is -3.17. The molecule has 2 heterocycles. The van der Waals surface area contributed by atoms with Gasteiger partial charge in [-0.1, -0.05) is 35.6 Å². The van der Waals surface area contributed by atoms with Crippen LogP contribution in [-0.4, -0.2) is 49.7 Å². The van der Waals surface area contributed by atoms with Gasteiger partial charge in [-0.25, -0.2) is 4.99 Å². The quantitative estimate of drug-likeness (QED) is 0.423. The van der Waals surface area contributed by atoms with Gasteiger partial charge >= 0.3 is 0 Å². The second kappa shape index (κ2) is 11.1. The number of likely N-dealkylation sites (N-methyl/N-ethyl adjacent to an activating group) is 1. The van der Waals surface area contributed by atoms with Crippen LogP contribution in [0.1, 0.15) is 37.9 Å². The van der Waals surface area contributed by atoms with Gasteiger partial charge in [0.2, 0.25) is 0 Å². The molecule has 2 aromatic carbocycles. The van der Waals surface area contributed by atoms with Gasteiger partial charge < -0.3 is 14.5 Å². The highest BCUT2D eigenvalue weighted by molar-refractivity contribution is 9.10. The first kappa shape index (κ1) is 26.9. The number of allylic oxidation sites excluding steroid dienone is 1. The van der Waals surface area contributed by atoms with Gasteiger partial charge in [0.1, 0.15) is 11.8 Å². The predicted molar refractivity (Wildman–Crippen MR) is 153 cm³/mol. The van der Waals surface area contributed by atoms with Gasteiger partial charge in [-0.2, -0.15) is 0 Å². The largest absolute Gasteiger partial charge is 0.496 e. The molecule has 3 aromatic rings. The average molecular weight is 584 g/mol. The van der Waals surface area contributed by atoms with E-state index in [1.807, 2.05) is 88.3 Å². The Kier molecular flexibility index (Phi) is 8.04. The molecule has 0 saturated heterocycles. The van der Waals surface area contributed by atoms with E-state index in [0.29, 0.717) is 39.4 Å². The molecule has 0 unspecified atom stereocenters. The standard InChI is InChI=1S/C28H31BrN4O3S/c1-7-32(8-2)27(35)24-17(3)30-28-33(25(24)19-11-9-10-12-22(19)36-6)26(34)23(37-28)16-18-13-14-21(31(4)5)20(29)15-18/h9-16,25H,7-8H2,1-6H3/b23-16+/t25-/m1/s1. The summed E-state index contributed by atoms with van der Waals surface area (Å²) in [6, 6.07) is 12.9. The van der Waals surface area contributed by atoms with Crippen LogP contribution in [0.5, 0.6) is 5.75 Å². The first-order valence-electron chi connectivity index (χ1n) is 12.1. The first-order chi connectivity index (χ1) is 17.7. The summed E-state index contributed by atoms with van der Waals surface area (Å²) in [7, 11) is 5.56. The van der Waals surface area contributed by atoms with Crippen LogP contribution in [0.2, 0.25) is 0 Å². The number of methoxy groups -OCH3 is 1. The highest BCUT2D eigenvalue weighted by Gasteiger charge is 2.35. The van der Waals surface area contributed by atoms with Crippen LogP contribution in [-0.2, 0) is 4.79 Å².